The smallest absolute Gasteiger partial charge is 0.0496 e. The van der Waals surface area contributed by atoms with Gasteiger partial charge in [-0.3, -0.25) is 14.8 Å². The summed E-state index contributed by atoms with van der Waals surface area (Å²) < 4.78 is 0. The number of piperidine rings is 1. The standard InChI is InChI=1S/C17H28N4/c1-20(12-7-15-5-9-19-10-6-15)17(14-18)8-13-21-11-3-2-4-16(17)21/h5-6,9-10,16H,2-4,7-8,11-14,18H2,1H3. The summed E-state index contributed by atoms with van der Waals surface area (Å²) in [4.78, 5) is 9.32. The molecule has 116 valence electrons. The lowest BCUT2D eigenvalue weighted by molar-refractivity contribution is 0.0571. The van der Waals surface area contributed by atoms with Crippen LogP contribution < -0.4 is 5.73 Å². The zero-order valence-corrected chi connectivity index (χ0v) is 13.2. The van der Waals surface area contributed by atoms with E-state index in [1.807, 2.05) is 12.4 Å². The number of nitrogens with two attached hydrogens (primary N) is 1. The normalized spacial score (nSPS) is 29.8. The molecule has 0 aromatic carbocycles. The van der Waals surface area contributed by atoms with E-state index in [4.69, 9.17) is 5.73 Å². The summed E-state index contributed by atoms with van der Waals surface area (Å²) in [7, 11) is 2.27. The Morgan fingerprint density at radius 3 is 2.90 bits per heavy atom. The van der Waals surface area contributed by atoms with Gasteiger partial charge in [0.25, 0.3) is 0 Å². The van der Waals surface area contributed by atoms with Gasteiger partial charge in [-0.15, -0.1) is 0 Å². The Morgan fingerprint density at radius 1 is 1.33 bits per heavy atom. The monoisotopic (exact) mass is 288 g/mol. The molecule has 21 heavy (non-hydrogen) atoms. The number of fused-ring (bicyclic) bond motifs is 1. The van der Waals surface area contributed by atoms with Crippen LogP contribution in [0, 0.1) is 0 Å². The summed E-state index contributed by atoms with van der Waals surface area (Å²) in [6, 6.07) is 4.90. The van der Waals surface area contributed by atoms with E-state index in [9.17, 15) is 0 Å². The minimum atomic E-state index is 0.188. The zero-order chi connectivity index (χ0) is 14.7. The van der Waals surface area contributed by atoms with Crippen molar-refractivity contribution in [1.82, 2.24) is 14.8 Å². The maximum Gasteiger partial charge on any atom is 0.0496 e. The highest BCUT2D eigenvalue weighted by Gasteiger charge is 2.49. The summed E-state index contributed by atoms with van der Waals surface area (Å²) in [6.45, 7) is 4.35. The molecular formula is C17H28N4. The molecule has 2 fully saturated rings. The minimum absolute atomic E-state index is 0.188. The maximum absolute atomic E-state index is 6.27. The van der Waals surface area contributed by atoms with Crippen LogP contribution in [0.5, 0.6) is 0 Å². The van der Waals surface area contributed by atoms with E-state index in [-0.39, 0.29) is 5.54 Å². The topological polar surface area (TPSA) is 45.4 Å². The van der Waals surface area contributed by atoms with Crippen molar-refractivity contribution in [2.45, 2.75) is 43.7 Å². The van der Waals surface area contributed by atoms with Crippen molar-refractivity contribution >= 4 is 0 Å². The number of likely N-dealkylation sites (N-methyl/N-ethyl adjacent to an activating group) is 1. The Labute approximate surface area is 128 Å². The second-order valence-electron chi connectivity index (χ2n) is 6.63. The van der Waals surface area contributed by atoms with Gasteiger partial charge in [-0.1, -0.05) is 6.42 Å². The summed E-state index contributed by atoms with van der Waals surface area (Å²) in [5, 5.41) is 0. The Kier molecular flexibility index (Phi) is 4.57. The second kappa shape index (κ2) is 6.42. The number of hydrogen-bond donors (Lipinski definition) is 1. The molecule has 2 saturated heterocycles. The lowest BCUT2D eigenvalue weighted by Gasteiger charge is -2.46. The molecule has 3 rings (SSSR count). The SMILES string of the molecule is CN(CCc1ccncc1)C1(CN)CCN2CCCCC21. The van der Waals surface area contributed by atoms with Crippen LogP contribution in [0.2, 0.25) is 0 Å². The van der Waals surface area contributed by atoms with Crippen LogP contribution >= 0.6 is 0 Å². The maximum atomic E-state index is 6.27. The first-order chi connectivity index (χ1) is 10.3. The highest BCUT2D eigenvalue weighted by atomic mass is 15.3. The average molecular weight is 288 g/mol. The summed E-state index contributed by atoms with van der Waals surface area (Å²) in [6.07, 6.45) is 10.1. The number of aromatic nitrogens is 1. The molecule has 4 nitrogen and oxygen atoms in total. The molecule has 0 bridgehead atoms. The Hall–Kier alpha value is -0.970. The third kappa shape index (κ3) is 2.85. The summed E-state index contributed by atoms with van der Waals surface area (Å²) in [5.41, 5.74) is 7.82. The third-order valence-corrected chi connectivity index (χ3v) is 5.66. The Morgan fingerprint density at radius 2 is 2.14 bits per heavy atom. The summed E-state index contributed by atoms with van der Waals surface area (Å²) in [5.74, 6) is 0. The number of rotatable bonds is 5. The molecule has 1 aromatic heterocycles. The van der Waals surface area contributed by atoms with Gasteiger partial charge >= 0.3 is 0 Å². The first-order valence-electron chi connectivity index (χ1n) is 8.30. The first kappa shape index (κ1) is 14.9. The first-order valence-corrected chi connectivity index (χ1v) is 8.30. The average Bonchev–Trinajstić information content (AvgIpc) is 2.94. The van der Waals surface area contributed by atoms with Gasteiger partial charge in [0.2, 0.25) is 0 Å². The van der Waals surface area contributed by atoms with Crippen molar-refractivity contribution in [2.24, 2.45) is 5.73 Å². The van der Waals surface area contributed by atoms with Gasteiger partial charge in [0.1, 0.15) is 0 Å². The molecule has 0 spiro atoms. The van der Waals surface area contributed by atoms with Crippen LogP contribution in [0.15, 0.2) is 24.5 Å². The van der Waals surface area contributed by atoms with Gasteiger partial charge in [0.15, 0.2) is 0 Å². The largest absolute Gasteiger partial charge is 0.329 e. The molecule has 2 atom stereocenters. The van der Waals surface area contributed by atoms with Crippen molar-refractivity contribution in [1.29, 1.82) is 0 Å². The van der Waals surface area contributed by atoms with Gasteiger partial charge < -0.3 is 5.73 Å². The highest BCUT2D eigenvalue weighted by molar-refractivity contribution is 5.12. The van der Waals surface area contributed by atoms with Gasteiger partial charge in [-0.2, -0.15) is 0 Å². The Balaban J connectivity index is 1.67. The van der Waals surface area contributed by atoms with Crippen LogP contribution in [0.1, 0.15) is 31.2 Å². The van der Waals surface area contributed by atoms with Crippen molar-refractivity contribution in [3.8, 4) is 0 Å². The molecule has 4 heteroatoms. The zero-order valence-electron chi connectivity index (χ0n) is 13.2. The Bertz CT molecular complexity index is 449. The fourth-order valence-electron chi connectivity index (χ4n) is 4.28. The molecule has 0 saturated carbocycles. The molecule has 3 heterocycles. The van der Waals surface area contributed by atoms with Crippen molar-refractivity contribution < 1.29 is 0 Å². The fourth-order valence-corrected chi connectivity index (χ4v) is 4.28. The van der Waals surface area contributed by atoms with Gasteiger partial charge in [-0.05, 0) is 57.0 Å². The predicted octanol–water partition coefficient (Wildman–Crippen LogP) is 1.51. The molecule has 2 aliphatic rings. The van der Waals surface area contributed by atoms with Crippen LogP contribution in [0.4, 0.5) is 0 Å². The van der Waals surface area contributed by atoms with E-state index in [1.165, 1.54) is 44.3 Å². The van der Waals surface area contributed by atoms with Gasteiger partial charge in [0.05, 0.1) is 0 Å². The number of pyridine rings is 1. The molecular weight excluding hydrogens is 260 g/mol. The van der Waals surface area contributed by atoms with E-state index >= 15 is 0 Å². The van der Waals surface area contributed by atoms with Crippen molar-refractivity contribution in [3.63, 3.8) is 0 Å². The van der Waals surface area contributed by atoms with E-state index in [0.29, 0.717) is 6.04 Å². The lowest BCUT2D eigenvalue weighted by atomic mass is 9.84. The lowest BCUT2D eigenvalue weighted by Crippen LogP contribution is -2.60. The molecule has 0 radical (unpaired) electrons. The second-order valence-corrected chi connectivity index (χ2v) is 6.63. The van der Waals surface area contributed by atoms with Crippen LogP contribution in [-0.2, 0) is 6.42 Å². The third-order valence-electron chi connectivity index (χ3n) is 5.66. The van der Waals surface area contributed by atoms with Crippen LogP contribution in [-0.4, -0.2) is 59.6 Å². The van der Waals surface area contributed by atoms with Crippen LogP contribution in [0.25, 0.3) is 0 Å². The minimum Gasteiger partial charge on any atom is -0.329 e. The molecule has 0 aliphatic carbocycles. The van der Waals surface area contributed by atoms with Crippen LogP contribution in [0.3, 0.4) is 0 Å². The molecule has 2 aliphatic heterocycles. The van der Waals surface area contributed by atoms with Crippen molar-refractivity contribution in [2.75, 3.05) is 33.2 Å². The predicted molar refractivity (Wildman–Crippen MR) is 86.2 cm³/mol. The van der Waals surface area contributed by atoms with Gasteiger partial charge in [-0.25, -0.2) is 0 Å². The van der Waals surface area contributed by atoms with Gasteiger partial charge in [0, 0.05) is 43.6 Å². The molecule has 0 amide bonds. The fraction of sp³-hybridized carbons (Fsp3) is 0.706. The number of hydrogen-bond acceptors (Lipinski definition) is 4. The summed E-state index contributed by atoms with van der Waals surface area (Å²) >= 11 is 0. The van der Waals surface area contributed by atoms with E-state index < -0.39 is 0 Å². The highest BCUT2D eigenvalue weighted by Crippen LogP contribution is 2.38. The number of nitrogens with zero attached hydrogens (tertiary/aromatic N) is 3. The van der Waals surface area contributed by atoms with Crippen molar-refractivity contribution in [3.05, 3.63) is 30.1 Å². The molecule has 1 aromatic rings. The molecule has 2 unspecified atom stereocenters. The van der Waals surface area contributed by atoms with E-state index in [1.54, 1.807) is 0 Å². The van der Waals surface area contributed by atoms with E-state index in [0.717, 1.165) is 19.5 Å². The quantitative estimate of drug-likeness (QED) is 0.892. The van der Waals surface area contributed by atoms with E-state index in [2.05, 4.69) is 34.0 Å². The molecule has 2 N–H and O–H groups in total.